The Kier molecular flexibility index (Phi) is 7.43. The lowest BCUT2D eigenvalue weighted by molar-refractivity contribution is 1.24. The Hall–Kier alpha value is -4.58. The Labute approximate surface area is 205 Å². The molecule has 0 amide bonds. The summed E-state index contributed by atoms with van der Waals surface area (Å²) in [6.07, 6.45) is 15.8. The topological polar surface area (TPSA) is 76.3 Å². The van der Waals surface area contributed by atoms with E-state index in [2.05, 4.69) is 39.2 Å². The number of nitrogens with zero attached hydrogens (tertiary/aromatic N) is 6. The van der Waals surface area contributed by atoms with Crippen LogP contribution in [0.4, 0.5) is 0 Å². The van der Waals surface area contributed by atoms with E-state index in [0.717, 1.165) is 56.7 Å². The Morgan fingerprint density at radius 2 is 1.54 bits per heavy atom. The fraction of sp³-hybridized carbons (Fsp3) is 0.103. The molecule has 0 fully saturated rings. The molecule has 0 radical (unpaired) electrons. The zero-order valence-corrected chi connectivity index (χ0v) is 19.9. The molecule has 35 heavy (non-hydrogen) atoms. The third-order valence-electron chi connectivity index (χ3n) is 5.12. The summed E-state index contributed by atoms with van der Waals surface area (Å²) in [7, 11) is 0. The summed E-state index contributed by atoms with van der Waals surface area (Å²) in [5, 5.41) is 1.98. The minimum atomic E-state index is 0.628. The molecule has 0 saturated heterocycles. The highest BCUT2D eigenvalue weighted by atomic mass is 14.8. The molecular weight excluding hydrogens is 432 g/mol. The van der Waals surface area contributed by atoms with Crippen molar-refractivity contribution >= 4 is 39.4 Å². The molecule has 0 aliphatic carbocycles. The summed E-state index contributed by atoms with van der Waals surface area (Å²) in [5.74, 6) is 0. The van der Waals surface area contributed by atoms with Crippen LogP contribution >= 0.6 is 0 Å². The van der Waals surface area contributed by atoms with Crippen LogP contribution in [0, 0.1) is 0 Å². The zero-order valence-electron chi connectivity index (χ0n) is 19.9. The van der Waals surface area contributed by atoms with Gasteiger partial charge in [-0.05, 0) is 50.6 Å². The van der Waals surface area contributed by atoms with Crippen LogP contribution in [0.25, 0.3) is 38.9 Å². The predicted molar refractivity (Wildman–Crippen MR) is 147 cm³/mol. The Bertz CT molecular complexity index is 1530. The van der Waals surface area contributed by atoms with Gasteiger partial charge in [0.25, 0.3) is 0 Å². The number of pyridine rings is 4. The molecule has 6 nitrogen and oxygen atoms in total. The van der Waals surface area contributed by atoms with Crippen molar-refractivity contribution in [2.75, 3.05) is 0 Å². The van der Waals surface area contributed by atoms with E-state index >= 15 is 0 Å². The predicted octanol–water partition coefficient (Wildman–Crippen LogP) is 6.76. The van der Waals surface area contributed by atoms with Crippen molar-refractivity contribution in [1.29, 1.82) is 0 Å². The van der Waals surface area contributed by atoms with E-state index in [1.54, 1.807) is 24.7 Å². The van der Waals surface area contributed by atoms with Gasteiger partial charge < -0.3 is 0 Å². The lowest BCUT2D eigenvalue weighted by Crippen LogP contribution is -2.00. The van der Waals surface area contributed by atoms with Crippen molar-refractivity contribution in [3.63, 3.8) is 0 Å². The molecule has 0 unspecified atom stereocenters. The van der Waals surface area contributed by atoms with Crippen LogP contribution in [-0.4, -0.2) is 31.9 Å². The van der Waals surface area contributed by atoms with Gasteiger partial charge >= 0.3 is 0 Å². The molecule has 0 N–H and O–H groups in total. The second-order valence-electron chi connectivity index (χ2n) is 7.70. The molecule has 4 aromatic heterocycles. The number of fused-ring (bicyclic) bond motifs is 2. The molecule has 4 aromatic rings. The van der Waals surface area contributed by atoms with Crippen LogP contribution in [0.2, 0.25) is 0 Å². The molecule has 1 aliphatic heterocycles. The van der Waals surface area contributed by atoms with E-state index in [1.165, 1.54) is 0 Å². The summed E-state index contributed by atoms with van der Waals surface area (Å²) < 4.78 is 0. The van der Waals surface area contributed by atoms with Crippen LogP contribution in [-0.2, 0) is 0 Å². The van der Waals surface area contributed by atoms with Gasteiger partial charge in [0, 0.05) is 23.2 Å². The van der Waals surface area contributed by atoms with Gasteiger partial charge in [0.15, 0.2) is 0 Å². The van der Waals surface area contributed by atoms with Crippen LogP contribution in [0.3, 0.4) is 0 Å². The average molecular weight is 459 g/mol. The highest BCUT2D eigenvalue weighted by Crippen LogP contribution is 2.24. The SMILES string of the molecule is C=C(N=CC)c1cc2ccc(-c3ccc4cc(C5=NC=CCC=C5)ncc4n3)nc2cn1.C=CC. The van der Waals surface area contributed by atoms with E-state index in [9.17, 15) is 0 Å². The first-order valence-corrected chi connectivity index (χ1v) is 11.3. The maximum atomic E-state index is 4.78. The lowest BCUT2D eigenvalue weighted by Gasteiger charge is -2.07. The number of rotatable bonds is 4. The number of aromatic nitrogens is 4. The second-order valence-corrected chi connectivity index (χ2v) is 7.70. The Balaban J connectivity index is 0.000000917. The standard InChI is InChI=1S/C26H20N6.C3H6/c1-3-27-17(2)23-13-18-8-10-21(31-25(18)15-29-23)22-11-9-19-14-24(30-16-26(19)32-22)20-7-5-4-6-12-28-20;1-3-2/h3,5-16H,2,4H2,1H3;3H,1H2,2H3. The number of allylic oxidation sites excluding steroid dienone is 4. The molecule has 1 aliphatic rings. The maximum Gasteiger partial charge on any atom is 0.0894 e. The van der Waals surface area contributed by atoms with E-state index < -0.39 is 0 Å². The zero-order chi connectivity index (χ0) is 24.6. The van der Waals surface area contributed by atoms with Crippen LogP contribution in [0.15, 0.2) is 102 Å². The third-order valence-corrected chi connectivity index (χ3v) is 5.12. The first-order valence-electron chi connectivity index (χ1n) is 11.3. The van der Waals surface area contributed by atoms with Crippen molar-refractivity contribution in [3.05, 3.63) is 104 Å². The van der Waals surface area contributed by atoms with E-state index in [-0.39, 0.29) is 0 Å². The minimum Gasteiger partial charge on any atom is -0.260 e. The van der Waals surface area contributed by atoms with E-state index in [0.29, 0.717) is 5.70 Å². The normalized spacial score (nSPS) is 12.8. The summed E-state index contributed by atoms with van der Waals surface area (Å²) in [6.45, 7) is 11.0. The van der Waals surface area contributed by atoms with Gasteiger partial charge in [-0.25, -0.2) is 9.97 Å². The molecule has 0 atom stereocenters. The monoisotopic (exact) mass is 458 g/mol. The highest BCUT2D eigenvalue weighted by molar-refractivity contribution is 6.09. The maximum absolute atomic E-state index is 4.78. The molecule has 172 valence electrons. The van der Waals surface area contributed by atoms with Crippen molar-refractivity contribution in [3.8, 4) is 11.4 Å². The third kappa shape index (κ3) is 5.50. The van der Waals surface area contributed by atoms with Crippen LogP contribution in [0.5, 0.6) is 0 Å². The Morgan fingerprint density at radius 1 is 0.886 bits per heavy atom. The Morgan fingerprint density at radius 3 is 2.23 bits per heavy atom. The molecule has 5 heterocycles. The molecule has 5 rings (SSSR count). The number of aliphatic imine (C=N–C) groups is 2. The minimum absolute atomic E-state index is 0.628. The van der Waals surface area contributed by atoms with Crippen LogP contribution < -0.4 is 0 Å². The van der Waals surface area contributed by atoms with E-state index in [4.69, 9.17) is 9.97 Å². The van der Waals surface area contributed by atoms with E-state index in [1.807, 2.05) is 68.6 Å². The molecule has 0 aromatic carbocycles. The highest BCUT2D eigenvalue weighted by Gasteiger charge is 2.09. The summed E-state index contributed by atoms with van der Waals surface area (Å²) in [6, 6.07) is 12.0. The smallest absolute Gasteiger partial charge is 0.0894 e. The van der Waals surface area contributed by atoms with Gasteiger partial charge in [-0.1, -0.05) is 36.9 Å². The molecule has 0 saturated carbocycles. The summed E-state index contributed by atoms with van der Waals surface area (Å²) in [5.41, 5.74) is 6.21. The first-order chi connectivity index (χ1) is 17.1. The van der Waals surface area contributed by atoms with Crippen molar-refractivity contribution in [2.24, 2.45) is 9.98 Å². The number of hydrogen-bond acceptors (Lipinski definition) is 6. The molecular formula is C29H26N6. The van der Waals surface area contributed by atoms with Crippen molar-refractivity contribution in [1.82, 2.24) is 19.9 Å². The van der Waals surface area contributed by atoms with Crippen LogP contribution in [0.1, 0.15) is 31.7 Å². The van der Waals surface area contributed by atoms with Gasteiger partial charge in [-0.3, -0.25) is 20.0 Å². The number of hydrogen-bond donors (Lipinski definition) is 0. The van der Waals surface area contributed by atoms with Crippen molar-refractivity contribution in [2.45, 2.75) is 20.3 Å². The van der Waals surface area contributed by atoms with Gasteiger partial charge in [-0.15, -0.1) is 6.58 Å². The molecule has 0 spiro atoms. The van der Waals surface area contributed by atoms with Crippen molar-refractivity contribution < 1.29 is 0 Å². The molecule has 6 heteroatoms. The second kappa shape index (κ2) is 11.0. The average Bonchev–Trinajstić information content (AvgIpc) is 3.18. The summed E-state index contributed by atoms with van der Waals surface area (Å²) >= 11 is 0. The largest absolute Gasteiger partial charge is 0.260 e. The van der Waals surface area contributed by atoms with Gasteiger partial charge in [0.1, 0.15) is 0 Å². The fourth-order valence-electron chi connectivity index (χ4n) is 3.50. The first kappa shape index (κ1) is 23.6. The quantitative estimate of drug-likeness (QED) is 0.250. The van der Waals surface area contributed by atoms with Gasteiger partial charge in [0.05, 0.1) is 57.6 Å². The molecule has 0 bridgehead atoms. The fourth-order valence-corrected chi connectivity index (χ4v) is 3.50. The van der Waals surface area contributed by atoms with Gasteiger partial charge in [0.2, 0.25) is 0 Å². The summed E-state index contributed by atoms with van der Waals surface area (Å²) in [4.78, 5) is 27.2. The lowest BCUT2D eigenvalue weighted by atomic mass is 10.1. The van der Waals surface area contributed by atoms with Gasteiger partial charge in [-0.2, -0.15) is 0 Å².